The van der Waals surface area contributed by atoms with Gasteiger partial charge in [-0.05, 0) is 80.3 Å². The van der Waals surface area contributed by atoms with E-state index in [4.69, 9.17) is 25.5 Å². The van der Waals surface area contributed by atoms with Crippen LogP contribution in [-0.2, 0) is 11.0 Å². The van der Waals surface area contributed by atoms with E-state index in [9.17, 15) is 22.8 Å². The summed E-state index contributed by atoms with van der Waals surface area (Å²) < 4.78 is 57.6. The number of ether oxygens (including phenoxy) is 2. The summed E-state index contributed by atoms with van der Waals surface area (Å²) in [6, 6.07) is 12.2. The van der Waals surface area contributed by atoms with Gasteiger partial charge in [-0.2, -0.15) is 13.2 Å². The molecule has 0 saturated heterocycles. The second kappa shape index (κ2) is 10.4. The first-order valence-corrected chi connectivity index (χ1v) is 11.8. The third kappa shape index (κ3) is 5.78. The molecule has 6 nitrogen and oxygen atoms in total. The van der Waals surface area contributed by atoms with E-state index >= 15 is 0 Å². The van der Waals surface area contributed by atoms with Gasteiger partial charge in [-0.15, -0.1) is 0 Å². The van der Waals surface area contributed by atoms with Crippen LogP contribution in [0, 0.1) is 27.7 Å². The topological polar surface area (TPSA) is 77.8 Å². The lowest BCUT2D eigenvalue weighted by molar-refractivity contribution is -0.154. The van der Waals surface area contributed by atoms with Gasteiger partial charge in [0.2, 0.25) is 11.2 Å². The number of nitrogens with one attached hydrogen (secondary N) is 1. The normalized spacial score (nSPS) is 11.5. The number of aryl methyl sites for hydroxylation is 4. The zero-order chi connectivity index (χ0) is 27.8. The molecule has 0 saturated carbocycles. The summed E-state index contributed by atoms with van der Waals surface area (Å²) >= 11 is 6.13. The molecule has 0 spiro atoms. The highest BCUT2D eigenvalue weighted by Gasteiger charge is 2.40. The van der Waals surface area contributed by atoms with Crippen molar-refractivity contribution in [2.24, 2.45) is 0 Å². The van der Waals surface area contributed by atoms with Crippen molar-refractivity contribution in [2.75, 3.05) is 11.9 Å². The number of carbonyl (C=O) groups excluding carboxylic acids is 1. The molecular weight excluding hydrogens is 523 g/mol. The highest BCUT2D eigenvalue weighted by atomic mass is 35.5. The molecule has 0 bridgehead atoms. The molecule has 1 heterocycles. The Morgan fingerprint density at radius 2 is 1.63 bits per heavy atom. The Morgan fingerprint density at radius 1 is 0.947 bits per heavy atom. The molecule has 0 aliphatic rings. The van der Waals surface area contributed by atoms with Crippen LogP contribution >= 0.6 is 11.6 Å². The number of hydrogen-bond donors (Lipinski definition) is 1. The van der Waals surface area contributed by atoms with Crippen molar-refractivity contribution >= 4 is 34.2 Å². The second-order valence-corrected chi connectivity index (χ2v) is 9.25. The van der Waals surface area contributed by atoms with Gasteiger partial charge in [0.1, 0.15) is 17.1 Å². The SMILES string of the molecule is Cc1ccc(C)c(NC(=O)COc2ccc3c(=O)c(Oc4cc(C)c(Cl)c(C)c4)c(C(F)(F)F)oc3c2)c1. The minimum atomic E-state index is -5.03. The standard InChI is InChI=1S/C28H23ClF3NO5/c1-14-5-6-15(2)21(9-14)33-23(34)13-36-18-7-8-20-22(12-18)38-27(28(30,31)32)26(25(20)35)37-19-10-16(3)24(29)17(4)11-19/h5-12H,13H2,1-4H3,(H,33,34). The number of rotatable bonds is 6. The van der Waals surface area contributed by atoms with Crippen molar-refractivity contribution in [1.29, 1.82) is 0 Å². The van der Waals surface area contributed by atoms with Crippen molar-refractivity contribution in [2.45, 2.75) is 33.9 Å². The molecule has 0 radical (unpaired) electrons. The van der Waals surface area contributed by atoms with Crippen molar-refractivity contribution in [3.8, 4) is 17.2 Å². The zero-order valence-electron chi connectivity index (χ0n) is 20.9. The average Bonchev–Trinajstić information content (AvgIpc) is 2.84. The summed E-state index contributed by atoms with van der Waals surface area (Å²) in [5, 5.41) is 3.02. The number of carbonyl (C=O) groups is 1. The molecule has 4 rings (SSSR count). The first-order chi connectivity index (χ1) is 17.8. The minimum absolute atomic E-state index is 0.0105. The Kier molecular flexibility index (Phi) is 7.42. The first kappa shape index (κ1) is 27.1. The summed E-state index contributed by atoms with van der Waals surface area (Å²) in [6.07, 6.45) is -5.03. The quantitative estimate of drug-likeness (QED) is 0.271. The Morgan fingerprint density at radius 3 is 2.29 bits per heavy atom. The van der Waals surface area contributed by atoms with Crippen LogP contribution in [0.15, 0.2) is 57.7 Å². The van der Waals surface area contributed by atoms with E-state index in [0.29, 0.717) is 21.8 Å². The number of amides is 1. The fraction of sp³-hybridized carbons (Fsp3) is 0.214. The number of hydrogen-bond acceptors (Lipinski definition) is 5. The maximum atomic E-state index is 13.9. The Labute approximate surface area is 220 Å². The molecule has 1 aromatic heterocycles. The van der Waals surface area contributed by atoms with Crippen LogP contribution in [0.2, 0.25) is 5.02 Å². The predicted octanol–water partition coefficient (Wildman–Crippen LogP) is 7.51. The van der Waals surface area contributed by atoms with Crippen LogP contribution < -0.4 is 20.2 Å². The van der Waals surface area contributed by atoms with Gasteiger partial charge in [0, 0.05) is 16.8 Å². The summed E-state index contributed by atoms with van der Waals surface area (Å²) in [4.78, 5) is 25.4. The second-order valence-electron chi connectivity index (χ2n) is 8.87. The molecule has 0 aliphatic heterocycles. The minimum Gasteiger partial charge on any atom is -0.484 e. The van der Waals surface area contributed by atoms with E-state index in [-0.39, 0.29) is 22.5 Å². The molecule has 198 valence electrons. The van der Waals surface area contributed by atoms with Gasteiger partial charge in [0.05, 0.1) is 5.39 Å². The van der Waals surface area contributed by atoms with Crippen LogP contribution in [0.3, 0.4) is 0 Å². The fourth-order valence-electron chi connectivity index (χ4n) is 3.81. The highest BCUT2D eigenvalue weighted by molar-refractivity contribution is 6.32. The van der Waals surface area contributed by atoms with Crippen LogP contribution in [0.4, 0.5) is 18.9 Å². The lowest BCUT2D eigenvalue weighted by Crippen LogP contribution is -2.20. The summed E-state index contributed by atoms with van der Waals surface area (Å²) in [5.74, 6) is -3.00. The number of alkyl halides is 3. The van der Waals surface area contributed by atoms with E-state index in [1.165, 1.54) is 24.3 Å². The molecule has 0 aliphatic carbocycles. The van der Waals surface area contributed by atoms with Crippen molar-refractivity contribution in [3.63, 3.8) is 0 Å². The number of benzene rings is 3. The Balaban J connectivity index is 1.63. The molecule has 38 heavy (non-hydrogen) atoms. The number of fused-ring (bicyclic) bond motifs is 1. The molecule has 4 aromatic rings. The van der Waals surface area contributed by atoms with E-state index in [2.05, 4.69) is 5.32 Å². The van der Waals surface area contributed by atoms with E-state index in [0.717, 1.165) is 17.2 Å². The van der Waals surface area contributed by atoms with Crippen molar-refractivity contribution < 1.29 is 31.9 Å². The van der Waals surface area contributed by atoms with Crippen LogP contribution in [0.5, 0.6) is 17.2 Å². The Bertz CT molecular complexity index is 1590. The summed E-state index contributed by atoms with van der Waals surface area (Å²) in [5.41, 5.74) is 2.21. The van der Waals surface area contributed by atoms with Gasteiger partial charge >= 0.3 is 6.18 Å². The van der Waals surface area contributed by atoms with E-state index in [1.54, 1.807) is 13.8 Å². The van der Waals surface area contributed by atoms with Crippen molar-refractivity contribution in [1.82, 2.24) is 0 Å². The molecule has 0 atom stereocenters. The van der Waals surface area contributed by atoms with Gasteiger partial charge < -0.3 is 19.2 Å². The number of halogens is 4. The molecule has 1 amide bonds. The molecule has 0 unspecified atom stereocenters. The molecular formula is C28H23ClF3NO5. The largest absolute Gasteiger partial charge is 0.484 e. The number of anilines is 1. The molecule has 10 heteroatoms. The summed E-state index contributed by atoms with van der Waals surface area (Å²) in [6.45, 7) is 6.65. The molecule has 3 aromatic carbocycles. The first-order valence-electron chi connectivity index (χ1n) is 11.5. The van der Waals surface area contributed by atoms with Crippen LogP contribution in [0.25, 0.3) is 11.0 Å². The lowest BCUT2D eigenvalue weighted by atomic mass is 10.1. The fourth-order valence-corrected chi connectivity index (χ4v) is 3.92. The van der Waals surface area contributed by atoms with Gasteiger partial charge in [-0.1, -0.05) is 23.7 Å². The smallest absolute Gasteiger partial charge is 0.453 e. The zero-order valence-corrected chi connectivity index (χ0v) is 21.6. The van der Waals surface area contributed by atoms with Gasteiger partial charge in [-0.25, -0.2) is 0 Å². The third-order valence-corrected chi connectivity index (χ3v) is 6.34. The highest BCUT2D eigenvalue weighted by Crippen LogP contribution is 2.39. The average molecular weight is 546 g/mol. The van der Waals surface area contributed by atoms with Gasteiger partial charge in [-0.3, -0.25) is 9.59 Å². The maximum Gasteiger partial charge on any atom is 0.453 e. The predicted molar refractivity (Wildman–Crippen MR) is 139 cm³/mol. The monoisotopic (exact) mass is 545 g/mol. The Hall–Kier alpha value is -3.98. The van der Waals surface area contributed by atoms with Crippen molar-refractivity contribution in [3.05, 3.63) is 91.8 Å². The van der Waals surface area contributed by atoms with E-state index < -0.39 is 35.6 Å². The van der Waals surface area contributed by atoms with E-state index in [1.807, 2.05) is 32.0 Å². The summed E-state index contributed by atoms with van der Waals surface area (Å²) in [7, 11) is 0. The lowest BCUT2D eigenvalue weighted by Gasteiger charge is -2.15. The van der Waals surface area contributed by atoms with Crippen LogP contribution in [0.1, 0.15) is 28.0 Å². The van der Waals surface area contributed by atoms with Gasteiger partial charge in [0.25, 0.3) is 11.7 Å². The molecule has 1 N–H and O–H groups in total. The molecule has 0 fully saturated rings. The van der Waals surface area contributed by atoms with Gasteiger partial charge in [0.15, 0.2) is 6.61 Å². The third-order valence-electron chi connectivity index (χ3n) is 5.75. The maximum absolute atomic E-state index is 13.9. The van der Waals surface area contributed by atoms with Crippen LogP contribution in [-0.4, -0.2) is 12.5 Å².